The van der Waals surface area contributed by atoms with Crippen molar-refractivity contribution >= 4 is 17.7 Å². The van der Waals surface area contributed by atoms with Crippen LogP contribution in [-0.2, 0) is 21.4 Å². The van der Waals surface area contributed by atoms with Gasteiger partial charge in [-0.1, -0.05) is 44.7 Å². The number of aromatic hydroxyl groups is 1. The predicted octanol–water partition coefficient (Wildman–Crippen LogP) is 5.57. The first-order valence-corrected chi connectivity index (χ1v) is 12.2. The van der Waals surface area contributed by atoms with Crippen LogP contribution in [0.4, 0.5) is 0 Å². The third-order valence-electron chi connectivity index (χ3n) is 5.85. The number of carbonyl (C=O) groups is 1. The van der Waals surface area contributed by atoms with Crippen molar-refractivity contribution in [3.63, 3.8) is 0 Å². The lowest BCUT2D eigenvalue weighted by molar-refractivity contribution is -0.156. The number of cyclic esters (lactones) is 1. The molecule has 0 saturated carbocycles. The highest BCUT2D eigenvalue weighted by molar-refractivity contribution is 8.04. The lowest BCUT2D eigenvalue weighted by Crippen LogP contribution is -2.37. The van der Waals surface area contributed by atoms with Gasteiger partial charge in [0.1, 0.15) is 34.4 Å². The van der Waals surface area contributed by atoms with Crippen molar-refractivity contribution in [3.05, 3.63) is 63.8 Å². The van der Waals surface area contributed by atoms with Crippen LogP contribution in [0.1, 0.15) is 57.2 Å². The van der Waals surface area contributed by atoms with Crippen LogP contribution in [-0.4, -0.2) is 40.1 Å². The summed E-state index contributed by atoms with van der Waals surface area (Å²) < 4.78 is 11.5. The summed E-state index contributed by atoms with van der Waals surface area (Å²) >= 11 is 1.22. The van der Waals surface area contributed by atoms with Crippen LogP contribution in [0.5, 0.6) is 11.5 Å². The maximum atomic E-state index is 13.0. The molecule has 2 aromatic carbocycles. The summed E-state index contributed by atoms with van der Waals surface area (Å²) in [6.45, 7) is 10.1. The number of esters is 1. The average molecular weight is 487 g/mol. The Morgan fingerprint density at radius 2 is 1.82 bits per heavy atom. The highest BCUT2D eigenvalue weighted by Crippen LogP contribution is 2.44. The Labute approximate surface area is 205 Å². The van der Waals surface area contributed by atoms with Gasteiger partial charge < -0.3 is 24.8 Å². The molecule has 0 aromatic heterocycles. The summed E-state index contributed by atoms with van der Waals surface area (Å²) in [5, 5.41) is 29.4. The van der Waals surface area contributed by atoms with Crippen LogP contribution in [0.3, 0.4) is 0 Å². The minimum absolute atomic E-state index is 0.0348. The van der Waals surface area contributed by atoms with E-state index in [1.807, 2.05) is 38.1 Å². The normalized spacial score (nSPS) is 18.7. The maximum Gasteiger partial charge on any atom is 0.348 e. The number of benzene rings is 2. The zero-order valence-corrected chi connectivity index (χ0v) is 21.3. The van der Waals surface area contributed by atoms with E-state index in [1.165, 1.54) is 11.8 Å². The number of ether oxygens (including phenoxy) is 2. The van der Waals surface area contributed by atoms with Gasteiger partial charge in [0.05, 0.1) is 6.61 Å². The zero-order chi connectivity index (χ0) is 25.1. The molecule has 0 spiro atoms. The van der Waals surface area contributed by atoms with Crippen molar-refractivity contribution in [1.29, 1.82) is 0 Å². The molecule has 1 unspecified atom stereocenters. The van der Waals surface area contributed by atoms with Crippen LogP contribution in [0.15, 0.2) is 52.0 Å². The molecular formula is C27H34O6S. The molecular weight excluding hydrogens is 452 g/mol. The SMILES string of the molecule is Cc1cc(SC2=C(O)CC(C)(CCc3ccc(O)cc3)OC2=O)c(C(C)(C)C)cc1OCCO. The Balaban J connectivity index is 1.83. The third kappa shape index (κ3) is 6.27. The van der Waals surface area contributed by atoms with Gasteiger partial charge in [-0.15, -0.1) is 0 Å². The minimum atomic E-state index is -0.812. The van der Waals surface area contributed by atoms with E-state index in [2.05, 4.69) is 20.8 Å². The van der Waals surface area contributed by atoms with Crippen LogP contribution in [0.25, 0.3) is 0 Å². The number of hydrogen-bond donors (Lipinski definition) is 3. The first kappa shape index (κ1) is 26.0. The first-order valence-electron chi connectivity index (χ1n) is 11.4. The molecule has 184 valence electrons. The monoisotopic (exact) mass is 486 g/mol. The fourth-order valence-electron chi connectivity index (χ4n) is 3.92. The molecule has 1 heterocycles. The van der Waals surface area contributed by atoms with E-state index in [0.717, 1.165) is 21.6 Å². The first-order chi connectivity index (χ1) is 15.9. The topological polar surface area (TPSA) is 96.2 Å². The molecule has 1 aliphatic rings. The Kier molecular flexibility index (Phi) is 7.88. The van der Waals surface area contributed by atoms with Crippen molar-refractivity contribution in [2.75, 3.05) is 13.2 Å². The number of phenols is 1. The Bertz CT molecular complexity index is 1070. The van der Waals surface area contributed by atoms with E-state index in [4.69, 9.17) is 14.6 Å². The molecule has 0 saturated heterocycles. The van der Waals surface area contributed by atoms with Crippen LogP contribution in [0, 0.1) is 6.92 Å². The minimum Gasteiger partial charge on any atom is -0.511 e. The van der Waals surface area contributed by atoms with Gasteiger partial charge in [-0.3, -0.25) is 0 Å². The van der Waals surface area contributed by atoms with Crippen LogP contribution in [0.2, 0.25) is 0 Å². The fourth-order valence-corrected chi connectivity index (χ4v) is 5.17. The van der Waals surface area contributed by atoms with Gasteiger partial charge in [0.15, 0.2) is 0 Å². The molecule has 3 rings (SSSR count). The Morgan fingerprint density at radius 1 is 1.15 bits per heavy atom. The van der Waals surface area contributed by atoms with Gasteiger partial charge in [0.25, 0.3) is 0 Å². The molecule has 1 atom stereocenters. The molecule has 0 aliphatic carbocycles. The van der Waals surface area contributed by atoms with E-state index in [1.54, 1.807) is 12.1 Å². The number of carbonyl (C=O) groups excluding carboxylic acids is 1. The average Bonchev–Trinajstić information content (AvgIpc) is 2.74. The maximum absolute atomic E-state index is 13.0. The van der Waals surface area contributed by atoms with Gasteiger partial charge in [-0.25, -0.2) is 4.79 Å². The summed E-state index contributed by atoms with van der Waals surface area (Å²) in [6, 6.07) is 10.8. The lowest BCUT2D eigenvalue weighted by atomic mass is 9.86. The van der Waals surface area contributed by atoms with E-state index in [9.17, 15) is 15.0 Å². The summed E-state index contributed by atoms with van der Waals surface area (Å²) in [5.74, 6) is 0.404. The van der Waals surface area contributed by atoms with Gasteiger partial charge in [-0.2, -0.15) is 0 Å². The number of hydrogen-bond acceptors (Lipinski definition) is 7. The second-order valence-corrected chi connectivity index (χ2v) is 11.0. The van der Waals surface area contributed by atoms with Gasteiger partial charge in [0, 0.05) is 11.3 Å². The molecule has 0 bridgehead atoms. The second-order valence-electron chi connectivity index (χ2n) is 10.00. The van der Waals surface area contributed by atoms with Gasteiger partial charge >= 0.3 is 5.97 Å². The second kappa shape index (κ2) is 10.3. The zero-order valence-electron chi connectivity index (χ0n) is 20.5. The predicted molar refractivity (Wildman–Crippen MR) is 134 cm³/mol. The van der Waals surface area contributed by atoms with E-state index < -0.39 is 11.6 Å². The molecule has 3 N–H and O–H groups in total. The summed E-state index contributed by atoms with van der Waals surface area (Å²) in [6.07, 6.45) is 1.44. The van der Waals surface area contributed by atoms with Crippen molar-refractivity contribution < 1.29 is 29.6 Å². The van der Waals surface area contributed by atoms with Gasteiger partial charge in [-0.05, 0) is 73.1 Å². The highest BCUT2D eigenvalue weighted by Gasteiger charge is 2.39. The number of aryl methyl sites for hydroxylation is 2. The quantitative estimate of drug-likeness (QED) is 0.420. The standard InChI is InChI=1S/C27H34O6S/c1-17-14-23(20(26(2,3)4)15-22(17)32-13-12-28)34-24-21(30)16-27(5,33-25(24)31)11-10-18-6-8-19(29)9-7-18/h6-9,14-15,28-30H,10-13,16H2,1-5H3. The molecule has 2 aromatic rings. The largest absolute Gasteiger partial charge is 0.511 e. The van der Waals surface area contributed by atoms with Gasteiger partial charge in [0.2, 0.25) is 0 Å². The van der Waals surface area contributed by atoms with Crippen molar-refractivity contribution in [2.45, 2.75) is 69.8 Å². The molecule has 0 amide bonds. The van der Waals surface area contributed by atoms with Crippen molar-refractivity contribution in [3.8, 4) is 11.5 Å². The Morgan fingerprint density at radius 3 is 2.41 bits per heavy atom. The number of rotatable bonds is 8. The summed E-state index contributed by atoms with van der Waals surface area (Å²) in [7, 11) is 0. The molecule has 0 radical (unpaired) electrons. The molecule has 6 nitrogen and oxygen atoms in total. The number of thioether (sulfide) groups is 1. The third-order valence-corrected chi connectivity index (χ3v) is 7.02. The van der Waals surface area contributed by atoms with Crippen molar-refractivity contribution in [2.24, 2.45) is 0 Å². The molecule has 0 fully saturated rings. The number of phenolic OH excluding ortho intramolecular Hbond substituents is 1. The Hall–Kier alpha value is -2.64. The summed E-state index contributed by atoms with van der Waals surface area (Å²) in [4.78, 5) is 14.0. The lowest BCUT2D eigenvalue weighted by Gasteiger charge is -2.34. The number of aliphatic hydroxyl groups is 2. The van der Waals surface area contributed by atoms with Crippen LogP contribution < -0.4 is 4.74 Å². The molecule has 34 heavy (non-hydrogen) atoms. The fraction of sp³-hybridized carbons (Fsp3) is 0.444. The molecule has 1 aliphatic heterocycles. The van der Waals surface area contributed by atoms with E-state index in [-0.39, 0.29) is 41.5 Å². The smallest absolute Gasteiger partial charge is 0.348 e. The molecule has 7 heteroatoms. The highest BCUT2D eigenvalue weighted by atomic mass is 32.2. The summed E-state index contributed by atoms with van der Waals surface area (Å²) in [5.41, 5.74) is 1.83. The van der Waals surface area contributed by atoms with E-state index in [0.29, 0.717) is 18.6 Å². The van der Waals surface area contributed by atoms with Crippen molar-refractivity contribution in [1.82, 2.24) is 0 Å². The van der Waals surface area contributed by atoms with E-state index >= 15 is 0 Å². The van der Waals surface area contributed by atoms with Crippen LogP contribution >= 0.6 is 11.8 Å². The number of aliphatic hydroxyl groups excluding tert-OH is 2.